The van der Waals surface area contributed by atoms with E-state index < -0.39 is 6.10 Å². The van der Waals surface area contributed by atoms with E-state index in [0.717, 1.165) is 15.7 Å². The van der Waals surface area contributed by atoms with Crippen LogP contribution in [0.2, 0.25) is 0 Å². The van der Waals surface area contributed by atoms with Crippen molar-refractivity contribution in [3.05, 3.63) is 82.1 Å². The second-order valence-corrected chi connectivity index (χ2v) is 7.44. The van der Waals surface area contributed by atoms with Crippen LogP contribution >= 0.6 is 15.9 Å². The number of hydrogen-bond donors (Lipinski definition) is 3. The fraction of sp³-hybridized carbons (Fsp3) is 0.261. The van der Waals surface area contributed by atoms with Gasteiger partial charge in [0, 0.05) is 23.3 Å². The molecule has 0 spiro atoms. The molecule has 2 rings (SSSR count). The van der Waals surface area contributed by atoms with Crippen LogP contribution in [0, 0.1) is 0 Å². The summed E-state index contributed by atoms with van der Waals surface area (Å²) in [4.78, 5) is 4.42. The normalized spacial score (nSPS) is 13.4. The summed E-state index contributed by atoms with van der Waals surface area (Å²) in [7, 11) is 1.56. The van der Waals surface area contributed by atoms with E-state index in [9.17, 15) is 15.3 Å². The first-order valence-electron chi connectivity index (χ1n) is 9.22. The molecule has 0 aliphatic carbocycles. The lowest BCUT2D eigenvalue weighted by atomic mass is 9.94. The van der Waals surface area contributed by atoms with E-state index in [2.05, 4.69) is 27.5 Å². The number of aromatic nitrogens is 1. The Bertz CT molecular complexity index is 878. The molecule has 0 amide bonds. The van der Waals surface area contributed by atoms with Crippen LogP contribution in [0.1, 0.15) is 24.1 Å². The Morgan fingerprint density at radius 1 is 1.31 bits per heavy atom. The van der Waals surface area contributed by atoms with Crippen molar-refractivity contribution in [1.29, 1.82) is 0 Å². The minimum atomic E-state index is -0.812. The van der Waals surface area contributed by atoms with E-state index in [1.807, 2.05) is 30.3 Å². The van der Waals surface area contributed by atoms with Crippen molar-refractivity contribution in [3.63, 3.8) is 0 Å². The zero-order valence-electron chi connectivity index (χ0n) is 16.4. The summed E-state index contributed by atoms with van der Waals surface area (Å²) in [5, 5.41) is 30.2. The molecule has 0 fully saturated rings. The Balaban J connectivity index is 2.29. The predicted molar refractivity (Wildman–Crippen MR) is 119 cm³/mol. The molecule has 0 saturated heterocycles. The maximum atomic E-state index is 10.7. The van der Waals surface area contributed by atoms with E-state index in [0.29, 0.717) is 29.6 Å². The van der Waals surface area contributed by atoms with Crippen molar-refractivity contribution >= 4 is 27.6 Å². The highest BCUT2D eigenvalue weighted by atomic mass is 79.9. The molecular formula is C23H26BrNO4. The van der Waals surface area contributed by atoms with Crippen LogP contribution in [0.4, 0.5) is 0 Å². The molecule has 0 aliphatic rings. The van der Waals surface area contributed by atoms with Gasteiger partial charge in [-0.3, -0.25) is 4.98 Å². The van der Waals surface area contributed by atoms with Crippen LogP contribution in [0.25, 0.3) is 11.6 Å². The van der Waals surface area contributed by atoms with Crippen molar-refractivity contribution in [3.8, 4) is 5.75 Å². The van der Waals surface area contributed by atoms with Crippen LogP contribution in [0.5, 0.6) is 5.75 Å². The van der Waals surface area contributed by atoms with Gasteiger partial charge in [0.2, 0.25) is 0 Å². The molecule has 1 aromatic carbocycles. The molecule has 154 valence electrons. The van der Waals surface area contributed by atoms with Gasteiger partial charge in [0.05, 0.1) is 25.0 Å². The average molecular weight is 460 g/mol. The van der Waals surface area contributed by atoms with E-state index in [1.165, 1.54) is 0 Å². The molecular weight excluding hydrogens is 434 g/mol. The van der Waals surface area contributed by atoms with Gasteiger partial charge in [0.1, 0.15) is 5.75 Å². The largest absolute Gasteiger partial charge is 0.507 e. The number of rotatable bonds is 10. The second kappa shape index (κ2) is 11.7. The highest BCUT2D eigenvalue weighted by molar-refractivity contribution is 9.10. The summed E-state index contributed by atoms with van der Waals surface area (Å²) in [5.41, 5.74) is 3.49. The monoisotopic (exact) mass is 459 g/mol. The summed E-state index contributed by atoms with van der Waals surface area (Å²) in [6, 6.07) is 10.8. The van der Waals surface area contributed by atoms with Gasteiger partial charge in [-0.25, -0.2) is 0 Å². The Morgan fingerprint density at radius 2 is 2.10 bits per heavy atom. The van der Waals surface area contributed by atoms with Crippen molar-refractivity contribution in [1.82, 2.24) is 4.98 Å². The lowest BCUT2D eigenvalue weighted by Gasteiger charge is -2.18. The van der Waals surface area contributed by atoms with Crippen LogP contribution < -0.4 is 0 Å². The third-order valence-electron chi connectivity index (χ3n) is 4.40. The third-order valence-corrected chi connectivity index (χ3v) is 4.89. The molecule has 1 unspecified atom stereocenters. The summed E-state index contributed by atoms with van der Waals surface area (Å²) >= 11 is 3.42. The molecule has 5 nitrogen and oxygen atoms in total. The van der Waals surface area contributed by atoms with Gasteiger partial charge in [-0.05, 0) is 66.0 Å². The third kappa shape index (κ3) is 6.94. The molecule has 29 heavy (non-hydrogen) atoms. The topological polar surface area (TPSA) is 82.8 Å². The van der Waals surface area contributed by atoms with Crippen molar-refractivity contribution in [2.75, 3.05) is 20.3 Å². The highest BCUT2D eigenvalue weighted by Gasteiger charge is 2.16. The first-order valence-corrected chi connectivity index (χ1v) is 10.0. The first kappa shape index (κ1) is 23.0. The molecule has 1 heterocycles. The SMILES string of the molecule is C=C(COC)/C(=C/CO)C(O)CC/C(=C/c1cc(Br)ccc1O)c1ccccn1. The Labute approximate surface area is 179 Å². The number of ether oxygens (including phenoxy) is 1. The number of methoxy groups -OCH3 is 1. The number of hydrogen-bond acceptors (Lipinski definition) is 5. The van der Waals surface area contributed by atoms with Gasteiger partial charge in [-0.1, -0.05) is 34.7 Å². The Morgan fingerprint density at radius 3 is 2.76 bits per heavy atom. The zero-order chi connectivity index (χ0) is 21.2. The smallest absolute Gasteiger partial charge is 0.122 e. The van der Waals surface area contributed by atoms with E-state index in [4.69, 9.17) is 4.74 Å². The summed E-state index contributed by atoms with van der Waals surface area (Å²) in [6.45, 7) is 4.01. The van der Waals surface area contributed by atoms with Gasteiger partial charge in [-0.2, -0.15) is 0 Å². The Hall–Kier alpha value is -2.25. The molecule has 2 aromatic rings. The summed E-state index contributed by atoms with van der Waals surface area (Å²) in [5.74, 6) is 0.163. The number of halogens is 1. The number of aromatic hydroxyl groups is 1. The first-order chi connectivity index (χ1) is 14.0. The van der Waals surface area contributed by atoms with Crippen molar-refractivity contribution in [2.24, 2.45) is 0 Å². The molecule has 1 aromatic heterocycles. The molecule has 0 bridgehead atoms. The number of phenols is 1. The molecule has 0 aliphatic heterocycles. The summed E-state index contributed by atoms with van der Waals surface area (Å²) < 4.78 is 5.95. The minimum Gasteiger partial charge on any atom is -0.507 e. The van der Waals surface area contributed by atoms with Gasteiger partial charge in [0.25, 0.3) is 0 Å². The zero-order valence-corrected chi connectivity index (χ0v) is 18.0. The number of nitrogens with zero attached hydrogens (tertiary/aromatic N) is 1. The van der Waals surface area contributed by atoms with Crippen LogP contribution in [-0.4, -0.2) is 46.7 Å². The van der Waals surface area contributed by atoms with E-state index >= 15 is 0 Å². The number of allylic oxidation sites excluding steroid dienone is 1. The number of pyridine rings is 1. The molecule has 3 N–H and O–H groups in total. The van der Waals surface area contributed by atoms with Gasteiger partial charge >= 0.3 is 0 Å². The van der Waals surface area contributed by atoms with Crippen LogP contribution in [0.15, 0.2) is 70.9 Å². The molecule has 0 radical (unpaired) electrons. The van der Waals surface area contributed by atoms with Crippen molar-refractivity contribution < 1.29 is 20.1 Å². The van der Waals surface area contributed by atoms with Crippen molar-refractivity contribution in [2.45, 2.75) is 18.9 Å². The standard InChI is InChI=1S/C23H26BrNO4/c1-16(15-29-2)20(10-12-26)23(28)8-6-17(21-5-3-4-11-25-21)13-18-14-19(24)7-9-22(18)27/h3-5,7,9-11,13-14,23,26-28H,1,6,8,12,15H2,2H3/b17-13-,20-10-. The number of benzene rings is 1. The lowest BCUT2D eigenvalue weighted by molar-refractivity contribution is 0.191. The molecule has 6 heteroatoms. The van der Waals surface area contributed by atoms with E-state index in [1.54, 1.807) is 31.5 Å². The van der Waals surface area contributed by atoms with Gasteiger partial charge < -0.3 is 20.1 Å². The van der Waals surface area contributed by atoms with Gasteiger partial charge in [0.15, 0.2) is 0 Å². The van der Waals surface area contributed by atoms with Gasteiger partial charge in [-0.15, -0.1) is 0 Å². The lowest BCUT2D eigenvalue weighted by Crippen LogP contribution is -2.15. The molecule has 1 atom stereocenters. The second-order valence-electron chi connectivity index (χ2n) is 6.52. The van der Waals surface area contributed by atoms with Crippen LogP contribution in [0.3, 0.4) is 0 Å². The predicted octanol–water partition coefficient (Wildman–Crippen LogP) is 4.35. The van der Waals surface area contributed by atoms with Crippen LogP contribution in [-0.2, 0) is 4.74 Å². The Kier molecular flexibility index (Phi) is 9.28. The summed E-state index contributed by atoms with van der Waals surface area (Å²) in [6.07, 6.45) is 5.22. The average Bonchev–Trinajstić information content (AvgIpc) is 2.72. The fourth-order valence-corrected chi connectivity index (χ4v) is 3.35. The quantitative estimate of drug-likeness (QED) is 0.460. The number of aliphatic hydroxyl groups is 2. The minimum absolute atomic E-state index is 0.163. The highest BCUT2D eigenvalue weighted by Crippen LogP contribution is 2.29. The number of phenolic OH excluding ortho intramolecular Hbond substituents is 1. The maximum absolute atomic E-state index is 10.7. The number of aliphatic hydroxyl groups excluding tert-OH is 2. The maximum Gasteiger partial charge on any atom is 0.122 e. The fourth-order valence-electron chi connectivity index (χ4n) is 2.98. The van der Waals surface area contributed by atoms with E-state index in [-0.39, 0.29) is 19.0 Å². The molecule has 0 saturated carbocycles.